The van der Waals surface area contributed by atoms with Gasteiger partial charge in [-0.2, -0.15) is 0 Å². The first kappa shape index (κ1) is 24.8. The number of hydrogen-bond donors (Lipinski definition) is 0. The molecular formula is C18H34O8. The molecule has 0 unspecified atom stereocenters. The van der Waals surface area contributed by atoms with Gasteiger partial charge in [-0.05, 0) is 27.7 Å². The van der Waals surface area contributed by atoms with Gasteiger partial charge in [0.1, 0.15) is 13.2 Å². The van der Waals surface area contributed by atoms with E-state index in [0.717, 1.165) is 0 Å². The lowest BCUT2D eigenvalue weighted by molar-refractivity contribution is -0.162. The van der Waals surface area contributed by atoms with Crippen molar-refractivity contribution in [2.75, 3.05) is 66.1 Å². The van der Waals surface area contributed by atoms with Crippen LogP contribution in [0, 0.1) is 5.41 Å². The summed E-state index contributed by atoms with van der Waals surface area (Å²) in [5.74, 6) is -0.927. The van der Waals surface area contributed by atoms with Crippen molar-refractivity contribution in [3.8, 4) is 0 Å². The minimum absolute atomic E-state index is 0.0595. The van der Waals surface area contributed by atoms with Gasteiger partial charge in [-0.25, -0.2) is 0 Å². The molecule has 0 aromatic carbocycles. The zero-order chi connectivity index (χ0) is 19.7. The molecule has 0 aliphatic rings. The van der Waals surface area contributed by atoms with Crippen LogP contribution < -0.4 is 0 Å². The lowest BCUT2D eigenvalue weighted by atomic mass is 9.89. The molecular weight excluding hydrogens is 344 g/mol. The molecule has 0 aromatic rings. The van der Waals surface area contributed by atoms with Crippen LogP contribution in [0.25, 0.3) is 0 Å². The van der Waals surface area contributed by atoms with E-state index in [-0.39, 0.29) is 19.6 Å². The van der Waals surface area contributed by atoms with Crippen molar-refractivity contribution < 1.29 is 38.0 Å². The molecule has 0 fully saturated rings. The minimum atomic E-state index is -0.960. The molecule has 0 rings (SSSR count). The maximum Gasteiger partial charge on any atom is 0.312 e. The van der Waals surface area contributed by atoms with Gasteiger partial charge < -0.3 is 28.4 Å². The maximum absolute atomic E-state index is 12.1. The molecule has 0 spiro atoms. The number of carbonyl (C=O) groups is 2. The van der Waals surface area contributed by atoms with Crippen molar-refractivity contribution >= 4 is 11.9 Å². The van der Waals surface area contributed by atoms with Gasteiger partial charge in [0.05, 0.1) is 51.5 Å². The predicted octanol–water partition coefficient (Wildman–Crippen LogP) is 1.60. The molecule has 0 N–H and O–H groups in total. The van der Waals surface area contributed by atoms with Gasteiger partial charge in [-0.1, -0.05) is 0 Å². The second kappa shape index (κ2) is 16.0. The molecule has 0 aliphatic heterocycles. The molecule has 0 aliphatic carbocycles. The van der Waals surface area contributed by atoms with Crippen molar-refractivity contribution in [2.45, 2.75) is 34.1 Å². The lowest BCUT2D eigenvalue weighted by Crippen LogP contribution is -2.31. The highest BCUT2D eigenvalue weighted by Crippen LogP contribution is 2.22. The van der Waals surface area contributed by atoms with Crippen molar-refractivity contribution in [1.82, 2.24) is 0 Å². The molecule has 0 heterocycles. The Balaban J connectivity index is 3.78. The second-order valence-corrected chi connectivity index (χ2v) is 6.04. The zero-order valence-corrected chi connectivity index (χ0v) is 16.5. The Hall–Kier alpha value is -1.22. The largest absolute Gasteiger partial charge is 0.463 e. The highest BCUT2D eigenvalue weighted by Gasteiger charge is 2.32. The zero-order valence-electron chi connectivity index (χ0n) is 16.5. The van der Waals surface area contributed by atoms with E-state index >= 15 is 0 Å². The number of rotatable bonds is 17. The van der Waals surface area contributed by atoms with Gasteiger partial charge in [0.25, 0.3) is 0 Å². The van der Waals surface area contributed by atoms with E-state index in [4.69, 9.17) is 28.4 Å². The molecule has 26 heavy (non-hydrogen) atoms. The Morgan fingerprint density at radius 2 is 1.08 bits per heavy atom. The highest BCUT2D eigenvalue weighted by atomic mass is 16.6. The summed E-state index contributed by atoms with van der Waals surface area (Å²) in [5, 5.41) is 0. The first-order valence-electron chi connectivity index (χ1n) is 9.07. The first-order valence-corrected chi connectivity index (χ1v) is 9.07. The van der Waals surface area contributed by atoms with E-state index in [2.05, 4.69) is 0 Å². The molecule has 0 bridgehead atoms. The van der Waals surface area contributed by atoms with Crippen molar-refractivity contribution in [2.24, 2.45) is 5.41 Å². The Morgan fingerprint density at radius 1 is 0.654 bits per heavy atom. The smallest absolute Gasteiger partial charge is 0.312 e. The van der Waals surface area contributed by atoms with Crippen LogP contribution in [0.2, 0.25) is 0 Å². The van der Waals surface area contributed by atoms with E-state index in [0.29, 0.717) is 52.9 Å². The Labute approximate surface area is 156 Å². The molecule has 154 valence electrons. The summed E-state index contributed by atoms with van der Waals surface area (Å²) >= 11 is 0. The highest BCUT2D eigenvalue weighted by molar-refractivity contribution is 5.82. The van der Waals surface area contributed by atoms with Gasteiger partial charge in [0.2, 0.25) is 0 Å². The second-order valence-electron chi connectivity index (χ2n) is 6.04. The van der Waals surface area contributed by atoms with Gasteiger partial charge in [0.15, 0.2) is 0 Å². The Morgan fingerprint density at radius 3 is 1.58 bits per heavy atom. The molecule has 0 aromatic heterocycles. The fraction of sp³-hybridized carbons (Fsp3) is 0.889. The van der Waals surface area contributed by atoms with Crippen LogP contribution in [0.15, 0.2) is 0 Å². The normalized spacial score (nSPS) is 11.4. The third kappa shape index (κ3) is 14.0. The van der Waals surface area contributed by atoms with Crippen molar-refractivity contribution in [3.63, 3.8) is 0 Å². The van der Waals surface area contributed by atoms with Crippen LogP contribution in [0.5, 0.6) is 0 Å². The Bertz CT molecular complexity index is 370. The van der Waals surface area contributed by atoms with E-state index in [1.807, 2.05) is 13.8 Å². The molecule has 0 atom stereocenters. The summed E-state index contributed by atoms with van der Waals surface area (Å²) in [6.45, 7) is 11.2. The van der Waals surface area contributed by atoms with Gasteiger partial charge in [-0.3, -0.25) is 9.59 Å². The van der Waals surface area contributed by atoms with E-state index in [1.165, 1.54) is 0 Å². The van der Waals surface area contributed by atoms with E-state index in [1.54, 1.807) is 13.8 Å². The third-order valence-corrected chi connectivity index (χ3v) is 3.24. The predicted molar refractivity (Wildman–Crippen MR) is 94.9 cm³/mol. The van der Waals surface area contributed by atoms with Crippen LogP contribution in [0.1, 0.15) is 34.1 Å². The first-order chi connectivity index (χ1) is 12.4. The molecule has 8 heteroatoms. The summed E-state index contributed by atoms with van der Waals surface area (Å²) < 4.78 is 31.0. The number of hydrogen-bond acceptors (Lipinski definition) is 8. The molecule has 0 radical (unpaired) electrons. The summed E-state index contributed by atoms with van der Waals surface area (Å²) in [7, 11) is 0. The minimum Gasteiger partial charge on any atom is -0.463 e. The van der Waals surface area contributed by atoms with Crippen LogP contribution >= 0.6 is 0 Å². The summed E-state index contributed by atoms with van der Waals surface area (Å²) in [4.78, 5) is 23.9. The monoisotopic (exact) mass is 378 g/mol. The number of carbonyl (C=O) groups excluding carboxylic acids is 2. The number of ether oxygens (including phenoxy) is 6. The lowest BCUT2D eigenvalue weighted by Gasteiger charge is -2.21. The van der Waals surface area contributed by atoms with E-state index < -0.39 is 17.4 Å². The van der Waals surface area contributed by atoms with Crippen LogP contribution in [0.3, 0.4) is 0 Å². The molecule has 0 saturated heterocycles. The third-order valence-electron chi connectivity index (χ3n) is 3.24. The van der Waals surface area contributed by atoms with Crippen LogP contribution in [0.4, 0.5) is 0 Å². The fourth-order valence-corrected chi connectivity index (χ4v) is 1.82. The average Bonchev–Trinajstić information content (AvgIpc) is 2.59. The molecule has 0 saturated carbocycles. The standard InChI is InChI=1S/C18H34O8/c1-5-21-7-9-23-11-13-25-16(19)15-18(3,4)17(20)26-14-12-24-10-8-22-6-2/h5-15H2,1-4H3. The molecule has 8 nitrogen and oxygen atoms in total. The van der Waals surface area contributed by atoms with Gasteiger partial charge in [-0.15, -0.1) is 0 Å². The van der Waals surface area contributed by atoms with E-state index in [9.17, 15) is 9.59 Å². The fourth-order valence-electron chi connectivity index (χ4n) is 1.82. The summed E-state index contributed by atoms with van der Waals surface area (Å²) in [5.41, 5.74) is -0.960. The SMILES string of the molecule is CCOCCOCCOC(=O)CC(C)(C)C(=O)OCCOCCOCC. The van der Waals surface area contributed by atoms with Gasteiger partial charge >= 0.3 is 11.9 Å². The van der Waals surface area contributed by atoms with Gasteiger partial charge in [0, 0.05) is 13.2 Å². The molecule has 0 amide bonds. The van der Waals surface area contributed by atoms with Crippen molar-refractivity contribution in [3.05, 3.63) is 0 Å². The topological polar surface area (TPSA) is 89.5 Å². The summed E-state index contributed by atoms with van der Waals surface area (Å²) in [6.07, 6.45) is -0.0595. The maximum atomic E-state index is 12.1. The summed E-state index contributed by atoms with van der Waals surface area (Å²) in [6, 6.07) is 0. The van der Waals surface area contributed by atoms with Crippen molar-refractivity contribution in [1.29, 1.82) is 0 Å². The van der Waals surface area contributed by atoms with Crippen LogP contribution in [-0.2, 0) is 38.0 Å². The van der Waals surface area contributed by atoms with Crippen LogP contribution in [-0.4, -0.2) is 78.0 Å². The average molecular weight is 378 g/mol. The number of esters is 2. The quantitative estimate of drug-likeness (QED) is 0.278. The Kier molecular flexibility index (Phi) is 15.2.